The van der Waals surface area contributed by atoms with Crippen LogP contribution in [0.2, 0.25) is 0 Å². The van der Waals surface area contributed by atoms with Gasteiger partial charge in [-0.2, -0.15) is 0 Å². The van der Waals surface area contributed by atoms with Crippen LogP contribution in [0.3, 0.4) is 0 Å². The molecule has 6 rings (SSSR count). The quantitative estimate of drug-likeness (QED) is 0.364. The monoisotopic (exact) mass is 540 g/mol. The van der Waals surface area contributed by atoms with E-state index in [4.69, 9.17) is 23.9 Å². The van der Waals surface area contributed by atoms with Crippen LogP contribution < -0.4 is 33.8 Å². The number of hydrogen-bond acceptors (Lipinski definition) is 7. The molecule has 0 saturated carbocycles. The van der Waals surface area contributed by atoms with Crippen LogP contribution in [0.1, 0.15) is 34.7 Å². The van der Waals surface area contributed by atoms with E-state index in [1.807, 2.05) is 53.1 Å². The van der Waals surface area contributed by atoms with Gasteiger partial charge in [-0.05, 0) is 53.8 Å². The van der Waals surface area contributed by atoms with E-state index in [0.717, 1.165) is 46.6 Å². The number of allylic oxidation sites excluding steroid dienone is 1. The van der Waals surface area contributed by atoms with Crippen molar-refractivity contribution < 1.29 is 18.9 Å². The van der Waals surface area contributed by atoms with Crippen LogP contribution >= 0.6 is 11.3 Å². The van der Waals surface area contributed by atoms with Gasteiger partial charge in [0.15, 0.2) is 16.3 Å². The number of hydrogen-bond donors (Lipinski definition) is 0. The third-order valence-electron chi connectivity index (χ3n) is 7.29. The van der Waals surface area contributed by atoms with Gasteiger partial charge in [0.05, 0.1) is 44.7 Å². The SMILES string of the molecule is COc1ccccc1[C@@H]1C2=C(N=c3s/c(=C/c4cc(OC)c(OC)c(OC)c4)c(=O)n31)c1ccccc1CC2. The number of benzene rings is 3. The molecule has 0 bridgehead atoms. The smallest absolute Gasteiger partial charge is 0.271 e. The predicted octanol–water partition coefficient (Wildman–Crippen LogP) is 4.35. The van der Waals surface area contributed by atoms with Crippen molar-refractivity contribution in [2.75, 3.05) is 28.4 Å². The molecule has 0 radical (unpaired) electrons. The van der Waals surface area contributed by atoms with Gasteiger partial charge in [0, 0.05) is 11.1 Å². The van der Waals surface area contributed by atoms with Crippen molar-refractivity contribution in [2.24, 2.45) is 4.99 Å². The molecule has 8 heteroatoms. The Morgan fingerprint density at radius 3 is 2.28 bits per heavy atom. The lowest BCUT2D eigenvalue weighted by molar-refractivity contribution is 0.324. The highest BCUT2D eigenvalue weighted by Crippen LogP contribution is 2.43. The number of nitrogens with zero attached hydrogens (tertiary/aromatic N) is 2. The highest BCUT2D eigenvalue weighted by Gasteiger charge is 2.34. The van der Waals surface area contributed by atoms with Crippen LogP contribution in [-0.2, 0) is 6.42 Å². The molecule has 7 nitrogen and oxygen atoms in total. The molecular formula is C31H28N2O5S. The first-order chi connectivity index (χ1) is 19.1. The summed E-state index contributed by atoms with van der Waals surface area (Å²) in [4.78, 5) is 19.8. The van der Waals surface area contributed by atoms with Crippen molar-refractivity contribution >= 4 is 23.1 Å². The Hall–Kier alpha value is -4.30. The predicted molar refractivity (Wildman–Crippen MR) is 152 cm³/mol. The Morgan fingerprint density at radius 1 is 0.872 bits per heavy atom. The van der Waals surface area contributed by atoms with Crippen LogP contribution in [0.5, 0.6) is 23.0 Å². The van der Waals surface area contributed by atoms with E-state index in [9.17, 15) is 4.79 Å². The molecule has 39 heavy (non-hydrogen) atoms. The number of para-hydroxylation sites is 1. The molecular weight excluding hydrogens is 512 g/mol. The highest BCUT2D eigenvalue weighted by atomic mass is 32.1. The summed E-state index contributed by atoms with van der Waals surface area (Å²) in [5.41, 5.74) is 6.09. The number of ether oxygens (including phenoxy) is 4. The molecule has 3 aromatic carbocycles. The Kier molecular flexibility index (Phi) is 6.48. The van der Waals surface area contributed by atoms with Gasteiger partial charge in [0.1, 0.15) is 5.75 Å². The topological polar surface area (TPSA) is 71.3 Å². The summed E-state index contributed by atoms with van der Waals surface area (Å²) < 4.78 is 24.7. The first kappa shape index (κ1) is 25.0. The number of rotatable bonds is 6. The van der Waals surface area contributed by atoms with Crippen molar-refractivity contribution in [1.82, 2.24) is 4.57 Å². The fraction of sp³-hybridized carbons (Fsp3) is 0.226. The molecule has 4 aromatic rings. The molecule has 0 spiro atoms. The van der Waals surface area contributed by atoms with E-state index in [1.165, 1.54) is 16.9 Å². The van der Waals surface area contributed by atoms with Crippen molar-refractivity contribution in [3.63, 3.8) is 0 Å². The number of aryl methyl sites for hydroxylation is 1. The van der Waals surface area contributed by atoms with E-state index in [1.54, 1.807) is 28.4 Å². The Morgan fingerprint density at radius 2 is 1.56 bits per heavy atom. The maximum Gasteiger partial charge on any atom is 0.271 e. The summed E-state index contributed by atoms with van der Waals surface area (Å²) in [5, 5.41) is 0. The summed E-state index contributed by atoms with van der Waals surface area (Å²) >= 11 is 1.38. The maximum atomic E-state index is 14.1. The van der Waals surface area contributed by atoms with Crippen LogP contribution in [-0.4, -0.2) is 33.0 Å². The largest absolute Gasteiger partial charge is 0.496 e. The summed E-state index contributed by atoms with van der Waals surface area (Å²) in [5.74, 6) is 2.29. The number of methoxy groups -OCH3 is 4. The second-order valence-corrected chi connectivity index (χ2v) is 10.3. The van der Waals surface area contributed by atoms with Crippen LogP contribution in [0.4, 0.5) is 0 Å². The third-order valence-corrected chi connectivity index (χ3v) is 8.27. The molecule has 0 fully saturated rings. The van der Waals surface area contributed by atoms with Crippen molar-refractivity contribution in [3.05, 3.63) is 108 Å². The van der Waals surface area contributed by atoms with Gasteiger partial charge in [-0.3, -0.25) is 9.36 Å². The van der Waals surface area contributed by atoms with E-state index < -0.39 is 0 Å². The van der Waals surface area contributed by atoms with Gasteiger partial charge in [-0.15, -0.1) is 0 Å². The third kappa shape index (κ3) is 4.12. The van der Waals surface area contributed by atoms with Gasteiger partial charge in [0.25, 0.3) is 5.56 Å². The zero-order chi connectivity index (χ0) is 27.1. The van der Waals surface area contributed by atoms with E-state index in [2.05, 4.69) is 18.2 Å². The van der Waals surface area contributed by atoms with Crippen LogP contribution in [0.15, 0.2) is 76.0 Å². The standard InChI is InChI=1S/C31H28N2O5S/c1-35-23-12-8-7-11-21(23)28-22-14-13-19-9-5-6-10-20(19)27(22)32-31-33(28)30(34)26(39-31)17-18-15-24(36-2)29(38-4)25(16-18)37-3/h5-12,15-17,28H,13-14H2,1-4H3/b26-17+/t28-/m1/s1. The van der Waals surface area contributed by atoms with Crippen LogP contribution in [0.25, 0.3) is 11.8 Å². The van der Waals surface area contributed by atoms with Gasteiger partial charge in [0.2, 0.25) is 5.75 Å². The summed E-state index contributed by atoms with van der Waals surface area (Å²) in [6.45, 7) is 0. The molecule has 2 aliphatic rings. The fourth-order valence-corrected chi connectivity index (χ4v) is 6.53. The summed E-state index contributed by atoms with van der Waals surface area (Å²) in [6.07, 6.45) is 3.56. The number of fused-ring (bicyclic) bond motifs is 3. The molecule has 2 heterocycles. The van der Waals surface area contributed by atoms with E-state index in [0.29, 0.717) is 26.6 Å². The van der Waals surface area contributed by atoms with Crippen molar-refractivity contribution in [1.29, 1.82) is 0 Å². The zero-order valence-electron chi connectivity index (χ0n) is 22.2. The molecule has 1 aliphatic carbocycles. The Bertz CT molecular complexity index is 1780. The lowest BCUT2D eigenvalue weighted by Crippen LogP contribution is -2.39. The van der Waals surface area contributed by atoms with Gasteiger partial charge < -0.3 is 18.9 Å². The molecule has 1 aromatic heterocycles. The lowest BCUT2D eigenvalue weighted by atomic mass is 9.83. The lowest BCUT2D eigenvalue weighted by Gasteiger charge is -2.31. The molecule has 0 N–H and O–H groups in total. The summed E-state index contributed by atoms with van der Waals surface area (Å²) in [7, 11) is 6.38. The minimum Gasteiger partial charge on any atom is -0.496 e. The Balaban J connectivity index is 1.61. The molecule has 1 atom stereocenters. The molecule has 1 aliphatic heterocycles. The van der Waals surface area contributed by atoms with E-state index in [-0.39, 0.29) is 11.6 Å². The normalized spacial score (nSPS) is 16.1. The maximum absolute atomic E-state index is 14.1. The minimum atomic E-state index is -0.317. The van der Waals surface area contributed by atoms with Gasteiger partial charge in [-0.1, -0.05) is 53.8 Å². The van der Waals surface area contributed by atoms with Gasteiger partial charge in [-0.25, -0.2) is 4.99 Å². The van der Waals surface area contributed by atoms with E-state index >= 15 is 0 Å². The van der Waals surface area contributed by atoms with Crippen molar-refractivity contribution in [2.45, 2.75) is 18.9 Å². The average Bonchev–Trinajstić information content (AvgIpc) is 3.29. The molecule has 0 amide bonds. The summed E-state index contributed by atoms with van der Waals surface area (Å²) in [6, 6.07) is 19.7. The Labute approximate surface area is 229 Å². The second kappa shape index (κ2) is 10.1. The zero-order valence-corrected chi connectivity index (χ0v) is 23.0. The second-order valence-electron chi connectivity index (χ2n) is 9.31. The molecule has 0 saturated heterocycles. The minimum absolute atomic E-state index is 0.103. The molecule has 0 unspecified atom stereocenters. The first-order valence-electron chi connectivity index (χ1n) is 12.6. The highest BCUT2D eigenvalue weighted by molar-refractivity contribution is 7.07. The van der Waals surface area contributed by atoms with Gasteiger partial charge >= 0.3 is 0 Å². The fourth-order valence-electron chi connectivity index (χ4n) is 5.53. The average molecular weight is 541 g/mol. The number of thiazole rings is 1. The first-order valence-corrected chi connectivity index (χ1v) is 13.5. The van der Waals surface area contributed by atoms with Crippen molar-refractivity contribution in [3.8, 4) is 23.0 Å². The van der Waals surface area contributed by atoms with Crippen LogP contribution in [0, 0.1) is 0 Å². The molecule has 198 valence electrons. The number of aromatic nitrogens is 1.